The van der Waals surface area contributed by atoms with E-state index in [1.54, 1.807) is 28.0 Å². The number of carbonyl (C=O) groups excluding carboxylic acids is 1. The molecule has 2 aromatic rings. The number of methoxy groups -OCH3 is 2. The quantitative estimate of drug-likeness (QED) is 0.577. The van der Waals surface area contributed by atoms with Crippen LogP contribution in [0.1, 0.15) is 10.4 Å². The Bertz CT molecular complexity index is 897. The maximum absolute atomic E-state index is 13.4. The van der Waals surface area contributed by atoms with Gasteiger partial charge in [0.15, 0.2) is 0 Å². The zero-order chi connectivity index (χ0) is 20.3. The van der Waals surface area contributed by atoms with Crippen LogP contribution < -0.4 is 14.4 Å². The van der Waals surface area contributed by atoms with E-state index in [9.17, 15) is 19.3 Å². The van der Waals surface area contributed by atoms with Gasteiger partial charge in [-0.25, -0.2) is 4.39 Å². The molecule has 0 aliphatic carbocycles. The summed E-state index contributed by atoms with van der Waals surface area (Å²) in [6.45, 7) is 1.55. The number of amides is 1. The minimum absolute atomic E-state index is 0.187. The van der Waals surface area contributed by atoms with Gasteiger partial charge < -0.3 is 19.3 Å². The monoisotopic (exact) mass is 389 g/mol. The van der Waals surface area contributed by atoms with Crippen LogP contribution in [0.4, 0.5) is 15.8 Å². The first-order chi connectivity index (χ1) is 13.4. The number of nitro groups is 1. The van der Waals surface area contributed by atoms with E-state index in [1.807, 2.05) is 0 Å². The van der Waals surface area contributed by atoms with Crippen LogP contribution in [0.15, 0.2) is 36.4 Å². The van der Waals surface area contributed by atoms with Crippen molar-refractivity contribution in [3.63, 3.8) is 0 Å². The molecule has 1 saturated heterocycles. The Hall–Kier alpha value is -3.36. The van der Waals surface area contributed by atoms with Crippen molar-refractivity contribution in [1.29, 1.82) is 0 Å². The van der Waals surface area contributed by atoms with E-state index < -0.39 is 10.7 Å². The molecule has 1 aliphatic rings. The topological polar surface area (TPSA) is 85.2 Å². The summed E-state index contributed by atoms with van der Waals surface area (Å²) in [4.78, 5) is 26.9. The van der Waals surface area contributed by atoms with Crippen molar-refractivity contribution >= 4 is 17.3 Å². The van der Waals surface area contributed by atoms with Crippen LogP contribution in [-0.4, -0.2) is 56.1 Å². The van der Waals surface area contributed by atoms with Gasteiger partial charge in [-0.1, -0.05) is 0 Å². The predicted octanol–water partition coefficient (Wildman–Crippen LogP) is 2.71. The zero-order valence-corrected chi connectivity index (χ0v) is 15.6. The van der Waals surface area contributed by atoms with Gasteiger partial charge in [-0.15, -0.1) is 0 Å². The molecule has 0 spiro atoms. The molecule has 1 aliphatic heterocycles. The number of rotatable bonds is 5. The summed E-state index contributed by atoms with van der Waals surface area (Å²) >= 11 is 0. The molecule has 148 valence electrons. The van der Waals surface area contributed by atoms with Gasteiger partial charge in [0.05, 0.1) is 30.8 Å². The molecular formula is C19H20FN3O5. The Morgan fingerprint density at radius 3 is 2.39 bits per heavy atom. The van der Waals surface area contributed by atoms with E-state index >= 15 is 0 Å². The number of carbonyl (C=O) groups is 1. The van der Waals surface area contributed by atoms with E-state index in [0.29, 0.717) is 48.9 Å². The number of nitrogens with zero attached hydrogens (tertiary/aromatic N) is 3. The molecule has 2 aromatic carbocycles. The third-order valence-electron chi connectivity index (χ3n) is 4.68. The molecule has 1 heterocycles. The first kappa shape index (κ1) is 19.4. The SMILES string of the molecule is COc1ccc(C(=O)N2CCN(c3ccc(F)cc3[N+](=O)[O-])CC2)c(OC)c1. The minimum Gasteiger partial charge on any atom is -0.497 e. The fraction of sp³-hybridized carbons (Fsp3) is 0.316. The largest absolute Gasteiger partial charge is 0.497 e. The van der Waals surface area contributed by atoms with Crippen LogP contribution in [0.2, 0.25) is 0 Å². The second-order valence-corrected chi connectivity index (χ2v) is 6.24. The maximum Gasteiger partial charge on any atom is 0.295 e. The highest BCUT2D eigenvalue weighted by molar-refractivity contribution is 5.97. The van der Waals surface area contributed by atoms with Crippen LogP contribution in [0.25, 0.3) is 0 Å². The van der Waals surface area contributed by atoms with Crippen LogP contribution >= 0.6 is 0 Å². The van der Waals surface area contributed by atoms with E-state index in [-0.39, 0.29) is 11.6 Å². The summed E-state index contributed by atoms with van der Waals surface area (Å²) in [5.41, 5.74) is 0.488. The van der Waals surface area contributed by atoms with Gasteiger partial charge in [0, 0.05) is 32.2 Å². The molecule has 0 atom stereocenters. The van der Waals surface area contributed by atoms with Crippen molar-refractivity contribution in [2.24, 2.45) is 0 Å². The molecule has 0 N–H and O–H groups in total. The highest BCUT2D eigenvalue weighted by Crippen LogP contribution is 2.30. The van der Waals surface area contributed by atoms with Crippen LogP contribution in [-0.2, 0) is 0 Å². The molecule has 0 radical (unpaired) electrons. The third kappa shape index (κ3) is 3.83. The fourth-order valence-electron chi connectivity index (χ4n) is 3.21. The fourth-order valence-corrected chi connectivity index (χ4v) is 3.21. The van der Waals surface area contributed by atoms with Crippen molar-refractivity contribution < 1.29 is 23.6 Å². The van der Waals surface area contributed by atoms with Gasteiger partial charge >= 0.3 is 0 Å². The lowest BCUT2D eigenvalue weighted by Crippen LogP contribution is -2.49. The number of ether oxygens (including phenoxy) is 2. The summed E-state index contributed by atoms with van der Waals surface area (Å²) in [5.74, 6) is 0.159. The summed E-state index contributed by atoms with van der Waals surface area (Å²) in [5, 5.41) is 11.2. The van der Waals surface area contributed by atoms with Crippen molar-refractivity contribution in [3.05, 3.63) is 57.9 Å². The maximum atomic E-state index is 13.4. The molecule has 0 unspecified atom stereocenters. The average Bonchev–Trinajstić information content (AvgIpc) is 2.72. The third-order valence-corrected chi connectivity index (χ3v) is 4.68. The number of piperazine rings is 1. The van der Waals surface area contributed by atoms with Gasteiger partial charge in [-0.3, -0.25) is 14.9 Å². The molecule has 0 saturated carbocycles. The Balaban J connectivity index is 1.74. The number of benzene rings is 2. The molecule has 9 heteroatoms. The van der Waals surface area contributed by atoms with Gasteiger partial charge in [0.1, 0.15) is 23.0 Å². The van der Waals surface area contributed by atoms with Crippen LogP contribution in [0.5, 0.6) is 11.5 Å². The first-order valence-electron chi connectivity index (χ1n) is 8.64. The molecule has 3 rings (SSSR count). The highest BCUT2D eigenvalue weighted by Gasteiger charge is 2.28. The zero-order valence-electron chi connectivity index (χ0n) is 15.6. The van der Waals surface area contributed by atoms with E-state index in [1.165, 1.54) is 26.4 Å². The number of anilines is 1. The number of hydrogen-bond donors (Lipinski definition) is 0. The van der Waals surface area contributed by atoms with E-state index in [2.05, 4.69) is 0 Å². The Kier molecular flexibility index (Phi) is 5.62. The van der Waals surface area contributed by atoms with E-state index in [0.717, 1.165) is 6.07 Å². The number of hydrogen-bond acceptors (Lipinski definition) is 6. The first-order valence-corrected chi connectivity index (χ1v) is 8.64. The Morgan fingerprint density at radius 1 is 1.07 bits per heavy atom. The molecule has 0 aromatic heterocycles. The predicted molar refractivity (Wildman–Crippen MR) is 101 cm³/mol. The molecule has 1 fully saturated rings. The van der Waals surface area contributed by atoms with Gasteiger partial charge in [0.25, 0.3) is 11.6 Å². The van der Waals surface area contributed by atoms with Gasteiger partial charge in [-0.05, 0) is 24.3 Å². The molecular weight excluding hydrogens is 369 g/mol. The minimum atomic E-state index is -0.657. The second kappa shape index (κ2) is 8.12. The summed E-state index contributed by atoms with van der Waals surface area (Å²) in [7, 11) is 3.02. The number of nitro benzene ring substituents is 1. The van der Waals surface area contributed by atoms with Crippen molar-refractivity contribution in [2.45, 2.75) is 0 Å². The Labute approximate surface area is 161 Å². The molecule has 0 bridgehead atoms. The smallest absolute Gasteiger partial charge is 0.295 e. The standard InChI is InChI=1S/C19H20FN3O5/c1-27-14-4-5-15(18(12-14)28-2)19(24)22-9-7-21(8-10-22)16-6-3-13(20)11-17(16)23(25)26/h3-6,11-12H,7-10H2,1-2H3. The van der Waals surface area contributed by atoms with Crippen molar-refractivity contribution in [1.82, 2.24) is 4.90 Å². The summed E-state index contributed by atoms with van der Waals surface area (Å²) in [6, 6.07) is 8.49. The van der Waals surface area contributed by atoms with E-state index in [4.69, 9.17) is 9.47 Å². The average molecular weight is 389 g/mol. The lowest BCUT2D eigenvalue weighted by Gasteiger charge is -2.36. The highest BCUT2D eigenvalue weighted by atomic mass is 19.1. The van der Waals surface area contributed by atoms with Gasteiger partial charge in [-0.2, -0.15) is 0 Å². The van der Waals surface area contributed by atoms with Crippen LogP contribution in [0.3, 0.4) is 0 Å². The Morgan fingerprint density at radius 2 is 1.79 bits per heavy atom. The van der Waals surface area contributed by atoms with Crippen LogP contribution in [0, 0.1) is 15.9 Å². The normalized spacial score (nSPS) is 14.0. The lowest BCUT2D eigenvalue weighted by atomic mass is 10.1. The molecule has 8 nitrogen and oxygen atoms in total. The second-order valence-electron chi connectivity index (χ2n) is 6.24. The molecule has 28 heavy (non-hydrogen) atoms. The number of halogens is 1. The van der Waals surface area contributed by atoms with Crippen molar-refractivity contribution in [2.75, 3.05) is 45.3 Å². The van der Waals surface area contributed by atoms with Crippen molar-refractivity contribution in [3.8, 4) is 11.5 Å². The molecule has 1 amide bonds. The summed E-state index contributed by atoms with van der Waals surface area (Å²) in [6.07, 6.45) is 0. The lowest BCUT2D eigenvalue weighted by molar-refractivity contribution is -0.384. The summed E-state index contributed by atoms with van der Waals surface area (Å²) < 4.78 is 23.8. The van der Waals surface area contributed by atoms with Gasteiger partial charge in [0.2, 0.25) is 0 Å².